The van der Waals surface area contributed by atoms with Gasteiger partial charge in [-0.3, -0.25) is 0 Å². The van der Waals surface area contributed by atoms with Gasteiger partial charge in [-0.25, -0.2) is 0 Å². The van der Waals surface area contributed by atoms with Crippen LogP contribution in [0.1, 0.15) is 0 Å². The zero-order valence-electron chi connectivity index (χ0n) is 5.17. The van der Waals surface area contributed by atoms with E-state index in [0.29, 0.717) is 0 Å². The summed E-state index contributed by atoms with van der Waals surface area (Å²) in [6.07, 6.45) is 4.16. The van der Waals surface area contributed by atoms with E-state index in [1.807, 2.05) is 0 Å². The van der Waals surface area contributed by atoms with Crippen LogP contribution in [0.5, 0.6) is 0 Å². The maximum Gasteiger partial charge on any atom is 0.0354 e. The van der Waals surface area contributed by atoms with Crippen molar-refractivity contribution >= 4 is 0 Å². The van der Waals surface area contributed by atoms with Crippen molar-refractivity contribution in [2.45, 2.75) is 6.04 Å². The standard InChI is InChI=1S/C6H12N2/c1-8-4-2-3-6(7)5-8/h2-3,6H,4-5,7H2,1H3. The lowest BCUT2D eigenvalue weighted by Crippen LogP contribution is -2.37. The number of nitrogens with two attached hydrogens (primary N) is 1. The molecule has 0 fully saturated rings. The molecule has 0 aromatic heterocycles. The number of likely N-dealkylation sites (N-methyl/N-ethyl adjacent to an activating group) is 1. The monoisotopic (exact) mass is 112 g/mol. The SMILES string of the molecule is CN1CC=CC(N)C1. The van der Waals surface area contributed by atoms with Gasteiger partial charge in [-0.1, -0.05) is 12.2 Å². The average molecular weight is 112 g/mol. The van der Waals surface area contributed by atoms with Crippen LogP contribution in [0.4, 0.5) is 0 Å². The molecule has 8 heavy (non-hydrogen) atoms. The molecule has 2 N–H and O–H groups in total. The van der Waals surface area contributed by atoms with Crippen LogP contribution in [-0.2, 0) is 0 Å². The molecule has 0 aliphatic carbocycles. The Bertz CT molecular complexity index is 98.7. The lowest BCUT2D eigenvalue weighted by Gasteiger charge is -2.21. The fourth-order valence-corrected chi connectivity index (χ4v) is 0.911. The lowest BCUT2D eigenvalue weighted by atomic mass is 10.2. The van der Waals surface area contributed by atoms with Crippen molar-refractivity contribution in [2.24, 2.45) is 5.73 Å². The summed E-state index contributed by atoms with van der Waals surface area (Å²) in [7, 11) is 2.07. The first-order valence-electron chi connectivity index (χ1n) is 2.90. The van der Waals surface area contributed by atoms with Crippen molar-refractivity contribution in [3.8, 4) is 0 Å². The molecule has 0 saturated carbocycles. The zero-order chi connectivity index (χ0) is 5.98. The van der Waals surface area contributed by atoms with Crippen molar-refractivity contribution in [1.82, 2.24) is 4.90 Å². The molecule has 1 atom stereocenters. The summed E-state index contributed by atoms with van der Waals surface area (Å²) in [5.41, 5.74) is 5.60. The van der Waals surface area contributed by atoms with Crippen LogP contribution in [-0.4, -0.2) is 31.1 Å². The molecule has 1 heterocycles. The van der Waals surface area contributed by atoms with E-state index < -0.39 is 0 Å². The van der Waals surface area contributed by atoms with Gasteiger partial charge in [0.05, 0.1) is 0 Å². The maximum absolute atomic E-state index is 5.60. The molecular formula is C6H12N2. The maximum atomic E-state index is 5.60. The van der Waals surface area contributed by atoms with Crippen molar-refractivity contribution in [1.29, 1.82) is 0 Å². The zero-order valence-corrected chi connectivity index (χ0v) is 5.17. The summed E-state index contributed by atoms with van der Waals surface area (Å²) in [6, 6.07) is 0.258. The van der Waals surface area contributed by atoms with Crippen LogP contribution < -0.4 is 5.73 Å². The van der Waals surface area contributed by atoms with Gasteiger partial charge in [-0.05, 0) is 7.05 Å². The number of hydrogen-bond acceptors (Lipinski definition) is 2. The molecule has 0 aromatic carbocycles. The van der Waals surface area contributed by atoms with Crippen LogP contribution in [0, 0.1) is 0 Å². The molecule has 1 aliphatic heterocycles. The summed E-state index contributed by atoms with van der Waals surface area (Å²) < 4.78 is 0. The molecule has 0 saturated heterocycles. The molecule has 0 bridgehead atoms. The Balaban J connectivity index is 2.42. The second-order valence-electron chi connectivity index (χ2n) is 2.31. The molecule has 46 valence electrons. The van der Waals surface area contributed by atoms with Gasteiger partial charge in [0, 0.05) is 19.1 Å². The van der Waals surface area contributed by atoms with Gasteiger partial charge < -0.3 is 10.6 Å². The van der Waals surface area contributed by atoms with Gasteiger partial charge in [-0.2, -0.15) is 0 Å². The largest absolute Gasteiger partial charge is 0.323 e. The fraction of sp³-hybridized carbons (Fsp3) is 0.667. The molecule has 0 radical (unpaired) electrons. The van der Waals surface area contributed by atoms with E-state index in [1.54, 1.807) is 0 Å². The summed E-state index contributed by atoms with van der Waals surface area (Å²) >= 11 is 0. The van der Waals surface area contributed by atoms with E-state index in [4.69, 9.17) is 5.73 Å². The topological polar surface area (TPSA) is 29.3 Å². The van der Waals surface area contributed by atoms with Crippen molar-refractivity contribution in [3.05, 3.63) is 12.2 Å². The van der Waals surface area contributed by atoms with E-state index in [-0.39, 0.29) is 6.04 Å². The second-order valence-corrected chi connectivity index (χ2v) is 2.31. The summed E-state index contributed by atoms with van der Waals surface area (Å²) in [4.78, 5) is 2.20. The number of rotatable bonds is 0. The van der Waals surface area contributed by atoms with E-state index >= 15 is 0 Å². The Kier molecular flexibility index (Phi) is 1.65. The highest BCUT2D eigenvalue weighted by Crippen LogP contribution is 1.95. The molecule has 2 nitrogen and oxygen atoms in total. The lowest BCUT2D eigenvalue weighted by molar-refractivity contribution is 0.346. The Morgan fingerprint density at radius 1 is 1.75 bits per heavy atom. The Morgan fingerprint density at radius 2 is 2.50 bits per heavy atom. The third-order valence-electron chi connectivity index (χ3n) is 1.32. The van der Waals surface area contributed by atoms with Crippen molar-refractivity contribution in [2.75, 3.05) is 20.1 Å². The fourth-order valence-electron chi connectivity index (χ4n) is 0.911. The Morgan fingerprint density at radius 3 is 2.88 bits per heavy atom. The third-order valence-corrected chi connectivity index (χ3v) is 1.32. The van der Waals surface area contributed by atoms with Crippen LogP contribution in [0.15, 0.2) is 12.2 Å². The van der Waals surface area contributed by atoms with Gasteiger partial charge >= 0.3 is 0 Å². The van der Waals surface area contributed by atoms with Crippen LogP contribution in [0.25, 0.3) is 0 Å². The molecule has 0 aromatic rings. The van der Waals surface area contributed by atoms with E-state index in [9.17, 15) is 0 Å². The first-order chi connectivity index (χ1) is 3.79. The van der Waals surface area contributed by atoms with Gasteiger partial charge in [0.15, 0.2) is 0 Å². The summed E-state index contributed by atoms with van der Waals surface area (Å²) in [6.45, 7) is 2.05. The molecule has 0 amide bonds. The van der Waals surface area contributed by atoms with Gasteiger partial charge in [0.1, 0.15) is 0 Å². The van der Waals surface area contributed by atoms with Crippen LogP contribution in [0.2, 0.25) is 0 Å². The van der Waals surface area contributed by atoms with E-state index in [2.05, 4.69) is 24.1 Å². The highest BCUT2D eigenvalue weighted by molar-refractivity contribution is 4.98. The molecular weight excluding hydrogens is 100 g/mol. The van der Waals surface area contributed by atoms with E-state index in [1.165, 1.54) is 0 Å². The Hall–Kier alpha value is -0.340. The first kappa shape index (κ1) is 5.79. The molecule has 1 aliphatic rings. The molecule has 0 spiro atoms. The van der Waals surface area contributed by atoms with Gasteiger partial charge in [0.25, 0.3) is 0 Å². The minimum absolute atomic E-state index is 0.258. The minimum atomic E-state index is 0.258. The van der Waals surface area contributed by atoms with E-state index in [0.717, 1.165) is 13.1 Å². The normalized spacial score (nSPS) is 31.0. The van der Waals surface area contributed by atoms with Crippen LogP contribution >= 0.6 is 0 Å². The predicted molar refractivity (Wildman–Crippen MR) is 34.6 cm³/mol. The number of nitrogens with zero attached hydrogens (tertiary/aromatic N) is 1. The Labute approximate surface area is 50.0 Å². The highest BCUT2D eigenvalue weighted by atomic mass is 15.1. The molecule has 1 rings (SSSR count). The van der Waals surface area contributed by atoms with Gasteiger partial charge in [0.2, 0.25) is 0 Å². The van der Waals surface area contributed by atoms with Crippen molar-refractivity contribution < 1.29 is 0 Å². The first-order valence-corrected chi connectivity index (χ1v) is 2.90. The third kappa shape index (κ3) is 1.32. The highest BCUT2D eigenvalue weighted by Gasteiger charge is 2.05. The molecule has 1 unspecified atom stereocenters. The minimum Gasteiger partial charge on any atom is -0.323 e. The average Bonchev–Trinajstić information content (AvgIpc) is 1.64. The predicted octanol–water partition coefficient (Wildman–Crippen LogP) is -0.185. The summed E-state index contributed by atoms with van der Waals surface area (Å²) in [5.74, 6) is 0. The van der Waals surface area contributed by atoms with Crippen LogP contribution in [0.3, 0.4) is 0 Å². The van der Waals surface area contributed by atoms with Gasteiger partial charge in [-0.15, -0.1) is 0 Å². The quantitative estimate of drug-likeness (QED) is 0.440. The number of hydrogen-bond donors (Lipinski definition) is 1. The van der Waals surface area contributed by atoms with Crippen molar-refractivity contribution in [3.63, 3.8) is 0 Å². The smallest absolute Gasteiger partial charge is 0.0354 e. The molecule has 2 heteroatoms. The second kappa shape index (κ2) is 2.29. The summed E-state index contributed by atoms with van der Waals surface area (Å²) in [5, 5.41) is 0.